The smallest absolute Gasteiger partial charge is 0.413 e. The van der Waals surface area contributed by atoms with Crippen molar-refractivity contribution >= 4 is 39.8 Å². The van der Waals surface area contributed by atoms with Crippen LogP contribution >= 0.6 is 0 Å². The van der Waals surface area contributed by atoms with Gasteiger partial charge in [-0.05, 0) is 67.5 Å². The number of aliphatic hydroxyl groups is 4. The number of fused-ring (bicyclic) bond motifs is 3. The number of aliphatic hydroxyl groups excluding tert-OH is 4. The molecule has 3 heterocycles. The zero-order chi connectivity index (χ0) is 38.5. The van der Waals surface area contributed by atoms with Crippen LogP contribution in [-0.2, 0) is 35.6 Å². The summed E-state index contributed by atoms with van der Waals surface area (Å²) in [7, 11) is 4.04. The third kappa shape index (κ3) is 8.62. The number of carboxylic acid groups (broad SMARTS) is 1. The Kier molecular flexibility index (Phi) is 12.1. The molecule has 5 atom stereocenters. The Bertz CT molecular complexity index is 2080. The first-order chi connectivity index (χ1) is 25.9. The average Bonchev–Trinajstić information content (AvgIpc) is 3.52. The molecule has 15 heteroatoms. The first-order valence-corrected chi connectivity index (χ1v) is 17.7. The molecule has 0 bridgehead atoms. The summed E-state index contributed by atoms with van der Waals surface area (Å²) in [4.78, 5) is 36.9. The number of unbranched alkanes of at least 4 members (excludes halogenated alkanes) is 1. The van der Waals surface area contributed by atoms with Gasteiger partial charge in [0.2, 0.25) is 6.29 Å². The van der Waals surface area contributed by atoms with E-state index in [-0.39, 0.29) is 23.7 Å². The van der Waals surface area contributed by atoms with Crippen molar-refractivity contribution < 1.29 is 49.3 Å². The maximum Gasteiger partial charge on any atom is 0.413 e. The molecule has 0 spiro atoms. The van der Waals surface area contributed by atoms with E-state index in [2.05, 4.69) is 51.0 Å². The lowest BCUT2D eigenvalue weighted by Crippen LogP contribution is -2.60. The third-order valence-corrected chi connectivity index (χ3v) is 9.23. The number of carbonyl (C=O) groups is 2. The summed E-state index contributed by atoms with van der Waals surface area (Å²) in [6.45, 7) is 2.70. The van der Waals surface area contributed by atoms with Crippen LogP contribution in [0.3, 0.4) is 0 Å². The number of aromatic carboxylic acids is 1. The largest absolute Gasteiger partial charge is 0.478 e. The van der Waals surface area contributed by atoms with E-state index < -0.39 is 49.4 Å². The Labute approximate surface area is 311 Å². The molecule has 0 aliphatic carbocycles. The number of nitrogens with one attached hydrogen (secondary N) is 1. The summed E-state index contributed by atoms with van der Waals surface area (Å²) in [5.41, 5.74) is 4.42. The van der Waals surface area contributed by atoms with Gasteiger partial charge in [0, 0.05) is 24.9 Å². The summed E-state index contributed by atoms with van der Waals surface area (Å²) in [6.07, 6.45) is -5.39. The lowest BCUT2D eigenvalue weighted by molar-refractivity contribution is -0.277. The summed E-state index contributed by atoms with van der Waals surface area (Å²) in [5.74, 6) is 0.0942. The van der Waals surface area contributed by atoms with Crippen LogP contribution in [0.5, 0.6) is 5.75 Å². The number of carbonyl (C=O) groups excluding carboxylic acids is 1. The van der Waals surface area contributed by atoms with Gasteiger partial charge < -0.3 is 49.2 Å². The molecule has 1 aliphatic rings. The number of ether oxygens (including phenoxy) is 3. The predicted molar refractivity (Wildman–Crippen MR) is 198 cm³/mol. The minimum absolute atomic E-state index is 0.0515. The highest BCUT2D eigenvalue weighted by Crippen LogP contribution is 2.33. The van der Waals surface area contributed by atoms with Gasteiger partial charge >= 0.3 is 12.1 Å². The third-order valence-electron chi connectivity index (χ3n) is 9.23. The number of hydrogen-bond donors (Lipinski definition) is 6. The second-order valence-corrected chi connectivity index (χ2v) is 13.6. The maximum absolute atomic E-state index is 13.2. The van der Waals surface area contributed by atoms with Gasteiger partial charge in [0.1, 0.15) is 48.1 Å². The second kappa shape index (κ2) is 16.9. The van der Waals surface area contributed by atoms with E-state index in [4.69, 9.17) is 19.2 Å². The summed E-state index contributed by atoms with van der Waals surface area (Å²) < 4.78 is 18.7. The molecule has 6 N–H and O–H groups in total. The lowest BCUT2D eigenvalue weighted by atomic mass is 9.99. The fourth-order valence-corrected chi connectivity index (χ4v) is 6.39. The van der Waals surface area contributed by atoms with Crippen LogP contribution in [0.25, 0.3) is 21.9 Å². The fraction of sp³-hybridized carbons (Fsp3) is 0.385. The van der Waals surface area contributed by atoms with Crippen molar-refractivity contribution in [3.05, 3.63) is 94.8 Å². The van der Waals surface area contributed by atoms with Crippen LogP contribution in [0.15, 0.2) is 66.7 Å². The quantitative estimate of drug-likeness (QED) is 0.0961. The summed E-state index contributed by atoms with van der Waals surface area (Å²) in [6, 6.07) is 19.5. The van der Waals surface area contributed by atoms with E-state index in [9.17, 15) is 35.1 Å². The number of nitrogens with zero attached hydrogens (tertiary/aromatic N) is 4. The Hall–Kier alpha value is -5.16. The standard InChI is InChI=1S/C39H45N5O10/c1-4-5-6-30-41-31-32(44(30)19-23-9-7-22(8-10-23)18-43(2)3)27-16-13-25(37(49)50)17-28(27)40-36(31)42-39(51)52-21-24-11-14-26(15-12-24)53-38-35(48)34(47)33(46)29(20-45)54-38/h7-17,29,33-35,38,45-48H,4-6,18-21H2,1-3H3,(H,49,50)(H,40,42,51)/t29-,33-,34+,35+,38+/m1/s1. The van der Waals surface area contributed by atoms with Gasteiger partial charge in [-0.15, -0.1) is 0 Å². The number of rotatable bonds is 14. The van der Waals surface area contributed by atoms with Gasteiger partial charge in [0.15, 0.2) is 5.82 Å². The Morgan fingerprint density at radius 3 is 2.30 bits per heavy atom. The van der Waals surface area contributed by atoms with Crippen LogP contribution in [0.1, 0.15) is 52.6 Å². The predicted octanol–water partition coefficient (Wildman–Crippen LogP) is 3.66. The zero-order valence-electron chi connectivity index (χ0n) is 30.3. The van der Waals surface area contributed by atoms with Crippen molar-refractivity contribution in [3.8, 4) is 5.75 Å². The van der Waals surface area contributed by atoms with Gasteiger partial charge in [-0.1, -0.05) is 49.7 Å². The fourth-order valence-electron chi connectivity index (χ4n) is 6.39. The number of pyridine rings is 1. The number of anilines is 1. The second-order valence-electron chi connectivity index (χ2n) is 13.6. The molecule has 1 aliphatic heterocycles. The van der Waals surface area contributed by atoms with Crippen LogP contribution in [-0.4, -0.2) is 108 Å². The highest BCUT2D eigenvalue weighted by Gasteiger charge is 2.44. The molecule has 3 aromatic carbocycles. The first kappa shape index (κ1) is 38.6. The van der Waals surface area contributed by atoms with E-state index >= 15 is 0 Å². The van der Waals surface area contributed by atoms with Gasteiger partial charge in [-0.3, -0.25) is 5.32 Å². The molecule has 1 fully saturated rings. The minimum Gasteiger partial charge on any atom is -0.478 e. The molecule has 0 radical (unpaired) electrons. The van der Waals surface area contributed by atoms with Crippen LogP contribution in [0, 0.1) is 0 Å². The molecule has 1 saturated heterocycles. The number of imidazole rings is 1. The molecular formula is C39H45N5O10. The normalized spacial score (nSPS) is 20.0. The van der Waals surface area contributed by atoms with Crippen molar-refractivity contribution in [1.82, 2.24) is 19.4 Å². The van der Waals surface area contributed by atoms with E-state index in [1.807, 2.05) is 14.1 Å². The number of carboxylic acids is 1. The first-order valence-electron chi connectivity index (χ1n) is 17.7. The average molecular weight is 744 g/mol. The number of aryl methyl sites for hydroxylation is 1. The van der Waals surface area contributed by atoms with E-state index in [1.54, 1.807) is 30.3 Å². The molecule has 286 valence electrons. The van der Waals surface area contributed by atoms with Crippen molar-refractivity contribution in [1.29, 1.82) is 0 Å². The van der Waals surface area contributed by atoms with Crippen LogP contribution in [0.4, 0.5) is 10.6 Å². The molecule has 6 rings (SSSR count). The van der Waals surface area contributed by atoms with Gasteiger partial charge in [-0.2, -0.15) is 0 Å². The Morgan fingerprint density at radius 2 is 1.63 bits per heavy atom. The van der Waals surface area contributed by atoms with Crippen molar-refractivity contribution in [2.45, 2.75) is 76.6 Å². The van der Waals surface area contributed by atoms with Crippen molar-refractivity contribution in [3.63, 3.8) is 0 Å². The Balaban J connectivity index is 1.24. The number of amides is 1. The topological polar surface area (TPSA) is 209 Å². The van der Waals surface area contributed by atoms with Crippen LogP contribution in [0.2, 0.25) is 0 Å². The van der Waals surface area contributed by atoms with E-state index in [0.717, 1.165) is 30.8 Å². The van der Waals surface area contributed by atoms with Gasteiger partial charge in [-0.25, -0.2) is 19.6 Å². The summed E-state index contributed by atoms with van der Waals surface area (Å²) >= 11 is 0. The van der Waals surface area contributed by atoms with E-state index in [0.29, 0.717) is 40.5 Å². The molecule has 15 nitrogen and oxygen atoms in total. The number of benzene rings is 3. The monoisotopic (exact) mass is 743 g/mol. The molecule has 0 unspecified atom stereocenters. The Morgan fingerprint density at radius 1 is 0.926 bits per heavy atom. The summed E-state index contributed by atoms with van der Waals surface area (Å²) in [5, 5.41) is 52.9. The minimum atomic E-state index is -1.58. The maximum atomic E-state index is 13.2. The molecule has 54 heavy (non-hydrogen) atoms. The SMILES string of the molecule is CCCCc1nc2c(NC(=O)OCc3ccc(O[C@H]4O[C@H](CO)[C@@H](O)[C@H](O)[C@@H]4O)cc3)nc3cc(C(=O)O)ccc3c2n1Cc1ccc(CN(C)C)cc1. The molecular weight excluding hydrogens is 698 g/mol. The highest BCUT2D eigenvalue weighted by molar-refractivity contribution is 6.10. The van der Waals surface area contributed by atoms with Gasteiger partial charge in [0.25, 0.3) is 0 Å². The van der Waals surface area contributed by atoms with Crippen LogP contribution < -0.4 is 10.1 Å². The highest BCUT2D eigenvalue weighted by atomic mass is 16.7. The zero-order valence-corrected chi connectivity index (χ0v) is 30.3. The van der Waals surface area contributed by atoms with Crippen molar-refractivity contribution in [2.24, 2.45) is 0 Å². The molecule has 5 aromatic rings. The molecule has 2 aromatic heterocycles. The van der Waals surface area contributed by atoms with E-state index in [1.165, 1.54) is 17.7 Å². The van der Waals surface area contributed by atoms with Gasteiger partial charge in [0.05, 0.1) is 23.2 Å². The van der Waals surface area contributed by atoms with Crippen molar-refractivity contribution in [2.75, 3.05) is 26.0 Å². The molecule has 0 saturated carbocycles. The lowest BCUT2D eigenvalue weighted by Gasteiger charge is -2.39. The number of aromatic nitrogens is 3. The molecule has 1 amide bonds. The number of hydrogen-bond acceptors (Lipinski definition) is 12.